The van der Waals surface area contributed by atoms with E-state index in [1.807, 2.05) is 36.9 Å². The SMILES string of the molecule is CCCCCCCCN1C(=O)C(c2ccc(C)c(C)c2)=C(N(CCOC)CCOC)C1=O. The Bertz CT molecular complexity index is 795. The maximum atomic E-state index is 13.5. The van der Waals surface area contributed by atoms with Gasteiger partial charge in [-0.25, -0.2) is 0 Å². The van der Waals surface area contributed by atoms with E-state index in [2.05, 4.69) is 6.92 Å². The monoisotopic (exact) mass is 444 g/mol. The summed E-state index contributed by atoms with van der Waals surface area (Å²) in [6.45, 7) is 8.71. The molecule has 1 heterocycles. The van der Waals surface area contributed by atoms with E-state index in [9.17, 15) is 9.59 Å². The van der Waals surface area contributed by atoms with E-state index in [-0.39, 0.29) is 11.8 Å². The molecule has 1 aliphatic rings. The van der Waals surface area contributed by atoms with Gasteiger partial charge >= 0.3 is 0 Å². The van der Waals surface area contributed by atoms with Crippen LogP contribution in [0.1, 0.15) is 62.1 Å². The predicted molar refractivity (Wildman–Crippen MR) is 128 cm³/mol. The second-order valence-electron chi connectivity index (χ2n) is 8.53. The average Bonchev–Trinajstić information content (AvgIpc) is 3.02. The number of carbonyl (C=O) groups excluding carboxylic acids is 2. The van der Waals surface area contributed by atoms with Crippen LogP contribution < -0.4 is 0 Å². The minimum absolute atomic E-state index is 0.193. The number of carbonyl (C=O) groups is 2. The van der Waals surface area contributed by atoms with Crippen molar-refractivity contribution in [3.05, 3.63) is 40.6 Å². The number of hydrogen-bond donors (Lipinski definition) is 0. The van der Waals surface area contributed by atoms with Crippen LogP contribution in [0.4, 0.5) is 0 Å². The number of aryl methyl sites for hydroxylation is 2. The van der Waals surface area contributed by atoms with Crippen molar-refractivity contribution in [1.29, 1.82) is 0 Å². The minimum Gasteiger partial charge on any atom is -0.383 e. The minimum atomic E-state index is -0.205. The molecule has 1 aromatic carbocycles. The van der Waals surface area contributed by atoms with Crippen LogP contribution in [0.5, 0.6) is 0 Å². The first-order chi connectivity index (χ1) is 15.5. The van der Waals surface area contributed by atoms with E-state index < -0.39 is 0 Å². The molecule has 0 unspecified atom stereocenters. The van der Waals surface area contributed by atoms with Crippen molar-refractivity contribution >= 4 is 17.4 Å². The molecule has 6 heteroatoms. The van der Waals surface area contributed by atoms with Crippen LogP contribution in [-0.2, 0) is 19.1 Å². The number of imide groups is 1. The third-order valence-corrected chi connectivity index (χ3v) is 6.12. The summed E-state index contributed by atoms with van der Waals surface area (Å²) in [7, 11) is 3.28. The van der Waals surface area contributed by atoms with Gasteiger partial charge in [0.1, 0.15) is 5.70 Å². The van der Waals surface area contributed by atoms with E-state index in [1.54, 1.807) is 14.2 Å². The Labute approximate surface area is 193 Å². The number of hydrogen-bond acceptors (Lipinski definition) is 5. The van der Waals surface area contributed by atoms with Crippen molar-refractivity contribution in [2.24, 2.45) is 0 Å². The lowest BCUT2D eigenvalue weighted by atomic mass is 9.99. The van der Waals surface area contributed by atoms with Crippen molar-refractivity contribution in [3.8, 4) is 0 Å². The molecule has 2 amide bonds. The predicted octanol–water partition coefficient (Wildman–Crippen LogP) is 4.34. The van der Waals surface area contributed by atoms with Crippen LogP contribution in [0.3, 0.4) is 0 Å². The summed E-state index contributed by atoms with van der Waals surface area (Å²) in [5.74, 6) is -0.398. The van der Waals surface area contributed by atoms with Crippen molar-refractivity contribution in [2.75, 3.05) is 47.1 Å². The number of methoxy groups -OCH3 is 2. The number of ether oxygens (including phenoxy) is 2. The van der Waals surface area contributed by atoms with Crippen molar-refractivity contribution in [2.45, 2.75) is 59.3 Å². The highest BCUT2D eigenvalue weighted by molar-refractivity contribution is 6.35. The topological polar surface area (TPSA) is 59.1 Å². The quantitative estimate of drug-likeness (QED) is 0.298. The van der Waals surface area contributed by atoms with Crippen LogP contribution in [0.2, 0.25) is 0 Å². The summed E-state index contributed by atoms with van der Waals surface area (Å²) in [6, 6.07) is 5.97. The number of benzene rings is 1. The van der Waals surface area contributed by atoms with Gasteiger partial charge in [0.05, 0.1) is 18.8 Å². The van der Waals surface area contributed by atoms with Crippen LogP contribution in [-0.4, -0.2) is 68.7 Å². The summed E-state index contributed by atoms with van der Waals surface area (Å²) in [4.78, 5) is 30.4. The first-order valence-corrected chi connectivity index (χ1v) is 11.9. The van der Waals surface area contributed by atoms with Gasteiger partial charge in [-0.1, -0.05) is 57.2 Å². The molecule has 0 spiro atoms. The lowest BCUT2D eigenvalue weighted by molar-refractivity contribution is -0.137. The molecule has 0 aliphatic carbocycles. The molecular weight excluding hydrogens is 404 g/mol. The summed E-state index contributed by atoms with van der Waals surface area (Å²) in [5, 5.41) is 0. The summed E-state index contributed by atoms with van der Waals surface area (Å²) >= 11 is 0. The Morgan fingerprint density at radius 2 is 1.47 bits per heavy atom. The molecule has 32 heavy (non-hydrogen) atoms. The van der Waals surface area contributed by atoms with E-state index in [4.69, 9.17) is 9.47 Å². The number of rotatable bonds is 15. The van der Waals surface area contributed by atoms with Gasteiger partial charge in [-0.05, 0) is 37.0 Å². The number of amides is 2. The fraction of sp³-hybridized carbons (Fsp3) is 0.615. The Morgan fingerprint density at radius 1 is 0.844 bits per heavy atom. The molecule has 1 aromatic rings. The molecule has 6 nitrogen and oxygen atoms in total. The maximum Gasteiger partial charge on any atom is 0.277 e. The Hall–Kier alpha value is -2.18. The standard InChI is InChI=1S/C26H40N2O4/c1-6-7-8-9-10-11-14-28-25(29)23(22-13-12-20(2)21(3)19-22)24(26(28)30)27(15-17-31-4)16-18-32-5/h12-13,19H,6-11,14-18H2,1-5H3. The fourth-order valence-electron chi connectivity index (χ4n) is 4.01. The molecule has 0 bridgehead atoms. The van der Waals surface area contributed by atoms with Gasteiger partial charge in [-0.2, -0.15) is 0 Å². The second kappa shape index (κ2) is 13.4. The smallest absolute Gasteiger partial charge is 0.277 e. The number of unbranched alkanes of at least 4 members (excludes halogenated alkanes) is 5. The van der Waals surface area contributed by atoms with E-state index in [0.29, 0.717) is 44.1 Å². The van der Waals surface area contributed by atoms with Crippen LogP contribution in [0, 0.1) is 13.8 Å². The molecule has 178 valence electrons. The second-order valence-corrected chi connectivity index (χ2v) is 8.53. The van der Waals surface area contributed by atoms with Crippen LogP contribution in [0.15, 0.2) is 23.9 Å². The first kappa shape index (κ1) is 26.1. The Morgan fingerprint density at radius 3 is 2.06 bits per heavy atom. The molecule has 0 fully saturated rings. The summed E-state index contributed by atoms with van der Waals surface area (Å²) in [6.07, 6.45) is 6.65. The zero-order valence-electron chi connectivity index (χ0n) is 20.5. The van der Waals surface area contributed by atoms with E-state index >= 15 is 0 Å². The normalized spacial score (nSPS) is 14.1. The van der Waals surface area contributed by atoms with Gasteiger partial charge in [0.15, 0.2) is 0 Å². The Balaban J connectivity index is 2.33. The van der Waals surface area contributed by atoms with Gasteiger partial charge in [0.2, 0.25) is 0 Å². The van der Waals surface area contributed by atoms with E-state index in [0.717, 1.165) is 36.0 Å². The molecular formula is C26H40N2O4. The van der Waals surface area contributed by atoms with Gasteiger partial charge in [-0.3, -0.25) is 14.5 Å². The van der Waals surface area contributed by atoms with Gasteiger partial charge in [0, 0.05) is 33.9 Å². The lowest BCUT2D eigenvalue weighted by Gasteiger charge is -2.25. The average molecular weight is 445 g/mol. The molecule has 0 saturated carbocycles. The van der Waals surface area contributed by atoms with Gasteiger partial charge < -0.3 is 14.4 Å². The molecule has 0 aromatic heterocycles. The van der Waals surface area contributed by atoms with Crippen molar-refractivity contribution in [1.82, 2.24) is 9.80 Å². The maximum absolute atomic E-state index is 13.5. The number of nitrogens with zero attached hydrogens (tertiary/aromatic N) is 2. The molecule has 0 radical (unpaired) electrons. The molecule has 0 N–H and O–H groups in total. The van der Waals surface area contributed by atoms with Crippen LogP contribution >= 0.6 is 0 Å². The van der Waals surface area contributed by atoms with Gasteiger partial charge in [-0.15, -0.1) is 0 Å². The summed E-state index contributed by atoms with van der Waals surface area (Å²) in [5.41, 5.74) is 4.03. The van der Waals surface area contributed by atoms with Gasteiger partial charge in [0.25, 0.3) is 11.8 Å². The van der Waals surface area contributed by atoms with Crippen molar-refractivity contribution < 1.29 is 19.1 Å². The highest BCUT2D eigenvalue weighted by Gasteiger charge is 2.41. The molecule has 0 saturated heterocycles. The third kappa shape index (κ3) is 6.66. The highest BCUT2D eigenvalue weighted by Crippen LogP contribution is 2.32. The Kier molecular flexibility index (Phi) is 10.9. The summed E-state index contributed by atoms with van der Waals surface area (Å²) < 4.78 is 10.5. The lowest BCUT2D eigenvalue weighted by Crippen LogP contribution is -2.38. The molecule has 2 rings (SSSR count). The zero-order chi connectivity index (χ0) is 23.5. The van der Waals surface area contributed by atoms with E-state index in [1.165, 1.54) is 24.2 Å². The fourth-order valence-corrected chi connectivity index (χ4v) is 4.01. The van der Waals surface area contributed by atoms with Crippen molar-refractivity contribution in [3.63, 3.8) is 0 Å². The molecule has 1 aliphatic heterocycles. The third-order valence-electron chi connectivity index (χ3n) is 6.12. The van der Waals surface area contributed by atoms with Crippen LogP contribution in [0.25, 0.3) is 5.57 Å². The molecule has 0 atom stereocenters. The zero-order valence-corrected chi connectivity index (χ0v) is 20.5. The largest absolute Gasteiger partial charge is 0.383 e. The highest BCUT2D eigenvalue weighted by atomic mass is 16.5. The first-order valence-electron chi connectivity index (χ1n) is 11.9.